The Hall–Kier alpha value is -1.51. The second-order valence-electron chi connectivity index (χ2n) is 7.36. The number of likely N-dealkylation sites (tertiary alicyclic amines) is 1. The number of benzene rings is 1. The quantitative estimate of drug-likeness (QED) is 0.381. The van der Waals surface area contributed by atoms with E-state index >= 15 is 0 Å². The first-order valence-corrected chi connectivity index (χ1v) is 9.57. The van der Waals surface area contributed by atoms with Gasteiger partial charge in [0.2, 0.25) is 5.91 Å². The van der Waals surface area contributed by atoms with Crippen molar-refractivity contribution in [2.24, 2.45) is 10.9 Å². The molecule has 1 saturated heterocycles. The van der Waals surface area contributed by atoms with Crippen molar-refractivity contribution < 1.29 is 9.53 Å². The fourth-order valence-electron chi connectivity index (χ4n) is 3.55. The Labute approximate surface area is 179 Å². The van der Waals surface area contributed by atoms with Crippen molar-refractivity contribution >= 4 is 35.8 Å². The minimum Gasteiger partial charge on any atom is -0.493 e. The van der Waals surface area contributed by atoms with Crippen molar-refractivity contribution in [3.8, 4) is 5.75 Å². The minimum absolute atomic E-state index is 0. The zero-order chi connectivity index (χ0) is 18.5. The molecule has 7 heteroatoms. The summed E-state index contributed by atoms with van der Waals surface area (Å²) < 4.78 is 5.56. The highest BCUT2D eigenvalue weighted by molar-refractivity contribution is 14.0. The van der Waals surface area contributed by atoms with Crippen molar-refractivity contribution in [2.75, 3.05) is 33.3 Å². The van der Waals surface area contributed by atoms with Gasteiger partial charge in [0.05, 0.1) is 6.61 Å². The van der Waals surface area contributed by atoms with Crippen LogP contribution in [-0.4, -0.2) is 56.1 Å². The third kappa shape index (κ3) is 5.73. The molecule has 1 unspecified atom stereocenters. The number of amides is 1. The average Bonchev–Trinajstić information content (AvgIpc) is 3.28. The van der Waals surface area contributed by atoms with Crippen LogP contribution in [0.5, 0.6) is 5.75 Å². The summed E-state index contributed by atoms with van der Waals surface area (Å²) in [6.07, 6.45) is 2.91. The monoisotopic (exact) mass is 486 g/mol. The lowest BCUT2D eigenvalue weighted by Crippen LogP contribution is -2.45. The number of ether oxygens (including phenoxy) is 1. The zero-order valence-corrected chi connectivity index (χ0v) is 18.8. The van der Waals surface area contributed by atoms with E-state index in [-0.39, 0.29) is 41.8 Å². The van der Waals surface area contributed by atoms with Crippen LogP contribution < -0.4 is 15.4 Å². The normalized spacial score (nSPS) is 18.7. The van der Waals surface area contributed by atoms with E-state index in [4.69, 9.17) is 4.74 Å². The first-order valence-electron chi connectivity index (χ1n) is 9.57. The third-order valence-electron chi connectivity index (χ3n) is 5.02. The maximum Gasteiger partial charge on any atom is 0.225 e. The Balaban J connectivity index is 0.00000261. The van der Waals surface area contributed by atoms with Gasteiger partial charge in [0.1, 0.15) is 5.75 Å². The Kier molecular flexibility index (Phi) is 8.19. The van der Waals surface area contributed by atoms with E-state index in [1.165, 1.54) is 11.1 Å². The molecule has 2 heterocycles. The fourth-order valence-corrected chi connectivity index (χ4v) is 3.55. The van der Waals surface area contributed by atoms with Crippen molar-refractivity contribution in [1.82, 2.24) is 15.5 Å². The predicted octanol–water partition coefficient (Wildman–Crippen LogP) is 2.20. The molecule has 2 aliphatic rings. The van der Waals surface area contributed by atoms with Gasteiger partial charge >= 0.3 is 0 Å². The molecule has 0 aliphatic carbocycles. The van der Waals surface area contributed by atoms with Gasteiger partial charge in [0, 0.05) is 45.1 Å². The number of guanidine groups is 1. The van der Waals surface area contributed by atoms with Crippen LogP contribution in [0.2, 0.25) is 0 Å². The van der Waals surface area contributed by atoms with E-state index in [1.54, 1.807) is 7.05 Å². The van der Waals surface area contributed by atoms with Crippen LogP contribution in [0.3, 0.4) is 0 Å². The van der Waals surface area contributed by atoms with Gasteiger partial charge in [-0.05, 0) is 30.0 Å². The highest BCUT2D eigenvalue weighted by Gasteiger charge is 2.27. The molecule has 1 aromatic carbocycles. The molecule has 0 spiro atoms. The molecule has 2 N–H and O–H groups in total. The van der Waals surface area contributed by atoms with Crippen LogP contribution in [0.4, 0.5) is 0 Å². The van der Waals surface area contributed by atoms with E-state index < -0.39 is 0 Å². The summed E-state index contributed by atoms with van der Waals surface area (Å²) in [6.45, 7) is 7.10. The van der Waals surface area contributed by atoms with Crippen molar-refractivity contribution in [3.63, 3.8) is 0 Å². The number of hydrogen-bond donors (Lipinski definition) is 2. The SMILES string of the molecule is CN=C(NCCc1ccc2c(c1)CCO2)NC1CCN(C(=O)C(C)C)C1.I. The van der Waals surface area contributed by atoms with Crippen LogP contribution >= 0.6 is 24.0 Å². The molecule has 1 atom stereocenters. The first-order chi connectivity index (χ1) is 12.6. The van der Waals surface area contributed by atoms with E-state index in [2.05, 4.69) is 33.8 Å². The number of aliphatic imine (C=N–C) groups is 1. The number of nitrogens with one attached hydrogen (secondary N) is 2. The van der Waals surface area contributed by atoms with Gasteiger partial charge in [-0.15, -0.1) is 24.0 Å². The Morgan fingerprint density at radius 1 is 1.41 bits per heavy atom. The third-order valence-corrected chi connectivity index (χ3v) is 5.02. The summed E-state index contributed by atoms with van der Waals surface area (Å²) in [5, 5.41) is 6.83. The zero-order valence-electron chi connectivity index (χ0n) is 16.5. The molecule has 27 heavy (non-hydrogen) atoms. The summed E-state index contributed by atoms with van der Waals surface area (Å²) in [4.78, 5) is 18.4. The van der Waals surface area contributed by atoms with Crippen molar-refractivity contribution in [2.45, 2.75) is 39.2 Å². The lowest BCUT2D eigenvalue weighted by Gasteiger charge is -2.20. The van der Waals surface area contributed by atoms with Gasteiger partial charge in [-0.25, -0.2) is 0 Å². The molecule has 1 amide bonds. The van der Waals surface area contributed by atoms with Crippen LogP contribution in [0.15, 0.2) is 23.2 Å². The topological polar surface area (TPSA) is 66.0 Å². The molecule has 0 radical (unpaired) electrons. The predicted molar refractivity (Wildman–Crippen MR) is 119 cm³/mol. The van der Waals surface area contributed by atoms with Gasteiger partial charge in [-0.3, -0.25) is 9.79 Å². The molecule has 0 aromatic heterocycles. The molecule has 1 aromatic rings. The Bertz CT molecular complexity index is 678. The fraction of sp³-hybridized carbons (Fsp3) is 0.600. The summed E-state index contributed by atoms with van der Waals surface area (Å²) in [5.74, 6) is 2.13. The van der Waals surface area contributed by atoms with Crippen LogP contribution in [-0.2, 0) is 17.6 Å². The number of nitrogens with zero attached hydrogens (tertiary/aromatic N) is 2. The average molecular weight is 486 g/mol. The summed E-state index contributed by atoms with van der Waals surface area (Å²) >= 11 is 0. The van der Waals surface area contributed by atoms with Gasteiger partial charge in [-0.1, -0.05) is 26.0 Å². The second kappa shape index (κ2) is 10.1. The number of carbonyl (C=O) groups is 1. The van der Waals surface area contributed by atoms with Gasteiger partial charge in [0.15, 0.2) is 5.96 Å². The molecule has 2 aliphatic heterocycles. The molecule has 6 nitrogen and oxygen atoms in total. The van der Waals surface area contributed by atoms with Gasteiger partial charge in [-0.2, -0.15) is 0 Å². The number of fused-ring (bicyclic) bond motifs is 1. The van der Waals surface area contributed by atoms with Crippen LogP contribution in [0.25, 0.3) is 0 Å². The number of carbonyl (C=O) groups excluding carboxylic acids is 1. The van der Waals surface area contributed by atoms with E-state index in [0.29, 0.717) is 0 Å². The number of rotatable bonds is 5. The molecular weight excluding hydrogens is 455 g/mol. The first kappa shape index (κ1) is 21.8. The van der Waals surface area contributed by atoms with E-state index in [1.807, 2.05) is 18.7 Å². The molecule has 1 fully saturated rings. The lowest BCUT2D eigenvalue weighted by atomic mass is 10.1. The van der Waals surface area contributed by atoms with E-state index in [0.717, 1.165) is 57.2 Å². The Morgan fingerprint density at radius 2 is 2.22 bits per heavy atom. The number of halogens is 1. The summed E-state index contributed by atoms with van der Waals surface area (Å²) in [6, 6.07) is 6.71. The number of hydrogen-bond acceptors (Lipinski definition) is 3. The smallest absolute Gasteiger partial charge is 0.225 e. The van der Waals surface area contributed by atoms with Crippen LogP contribution in [0.1, 0.15) is 31.4 Å². The Morgan fingerprint density at radius 3 is 2.96 bits per heavy atom. The van der Waals surface area contributed by atoms with Crippen molar-refractivity contribution in [1.29, 1.82) is 0 Å². The maximum absolute atomic E-state index is 12.1. The minimum atomic E-state index is 0. The largest absolute Gasteiger partial charge is 0.493 e. The lowest BCUT2D eigenvalue weighted by molar-refractivity contribution is -0.133. The molecular formula is C20H31IN4O2. The van der Waals surface area contributed by atoms with Crippen LogP contribution in [0, 0.1) is 5.92 Å². The molecule has 150 valence electrons. The van der Waals surface area contributed by atoms with Gasteiger partial charge < -0.3 is 20.3 Å². The highest BCUT2D eigenvalue weighted by atomic mass is 127. The maximum atomic E-state index is 12.1. The summed E-state index contributed by atoms with van der Waals surface area (Å²) in [7, 11) is 1.79. The molecule has 3 rings (SSSR count). The van der Waals surface area contributed by atoms with Gasteiger partial charge in [0.25, 0.3) is 0 Å². The van der Waals surface area contributed by atoms with Crippen molar-refractivity contribution in [3.05, 3.63) is 29.3 Å². The highest BCUT2D eigenvalue weighted by Crippen LogP contribution is 2.25. The standard InChI is InChI=1S/C20H30N4O2.HI/c1-14(2)19(25)24-10-7-17(13-24)23-20(21-3)22-9-6-15-4-5-18-16(12-15)8-11-26-18;/h4-5,12,14,17H,6-11,13H2,1-3H3,(H2,21,22,23);1H. The summed E-state index contributed by atoms with van der Waals surface area (Å²) in [5.41, 5.74) is 2.62. The second-order valence-corrected chi connectivity index (χ2v) is 7.36. The molecule has 0 saturated carbocycles. The van der Waals surface area contributed by atoms with E-state index in [9.17, 15) is 4.79 Å². The molecule has 0 bridgehead atoms.